The molecule has 0 atom stereocenters. The first-order chi connectivity index (χ1) is 6.84. The molecule has 0 fully saturated rings. The van der Waals surface area contributed by atoms with Gasteiger partial charge in [0.25, 0.3) is 0 Å². The minimum atomic E-state index is -5.63. The summed E-state index contributed by atoms with van der Waals surface area (Å²) >= 11 is 0. The van der Waals surface area contributed by atoms with E-state index < -0.39 is 37.5 Å². The number of hydrogen-bond donors (Lipinski definition) is 1. The third-order valence-corrected chi connectivity index (χ3v) is 1.46. The molecule has 0 aliphatic rings. The van der Waals surface area contributed by atoms with Gasteiger partial charge in [0, 0.05) is 6.54 Å². The highest BCUT2D eigenvalue weighted by molar-refractivity contribution is 4.77. The lowest BCUT2D eigenvalue weighted by molar-refractivity contribution is -0.282. The lowest BCUT2D eigenvalue weighted by Gasteiger charge is -2.23. The molecule has 0 saturated heterocycles. The van der Waals surface area contributed by atoms with Crippen molar-refractivity contribution in [2.24, 2.45) is 5.92 Å². The molecular weight excluding hydrogens is 257 g/mol. The van der Waals surface area contributed by atoms with Crippen molar-refractivity contribution in [3.63, 3.8) is 0 Å². The Labute approximate surface area is 83.6 Å². The molecule has 1 nitrogen and oxygen atoms in total. The second-order valence-corrected chi connectivity index (χ2v) is 2.88. The van der Waals surface area contributed by atoms with E-state index in [0.29, 0.717) is 0 Å². The molecular formula is C6H6F9N. The summed E-state index contributed by atoms with van der Waals surface area (Å²) < 4.78 is 105. The summed E-state index contributed by atoms with van der Waals surface area (Å²) in [6.45, 7) is -3.76. The third kappa shape index (κ3) is 6.03. The van der Waals surface area contributed by atoms with Crippen LogP contribution in [-0.4, -0.2) is 31.6 Å². The van der Waals surface area contributed by atoms with E-state index in [1.165, 1.54) is 0 Å². The maximum Gasteiger partial charge on any atom is 0.401 e. The van der Waals surface area contributed by atoms with Gasteiger partial charge in [-0.25, -0.2) is 0 Å². The number of rotatable bonds is 3. The van der Waals surface area contributed by atoms with Gasteiger partial charge in [0.2, 0.25) is 0 Å². The largest absolute Gasteiger partial charge is 0.401 e. The van der Waals surface area contributed by atoms with Crippen molar-refractivity contribution in [2.45, 2.75) is 18.5 Å². The molecule has 0 spiro atoms. The van der Waals surface area contributed by atoms with Crippen molar-refractivity contribution in [3.05, 3.63) is 0 Å². The number of hydrogen-bond acceptors (Lipinski definition) is 1. The average Bonchev–Trinajstić information content (AvgIpc) is 1.90. The zero-order valence-corrected chi connectivity index (χ0v) is 7.39. The van der Waals surface area contributed by atoms with Crippen LogP contribution in [0, 0.1) is 5.92 Å². The Morgan fingerprint density at radius 1 is 0.750 bits per heavy atom. The second-order valence-electron chi connectivity index (χ2n) is 2.88. The van der Waals surface area contributed by atoms with E-state index >= 15 is 0 Å². The molecule has 0 aliphatic carbocycles. The van der Waals surface area contributed by atoms with Crippen molar-refractivity contribution >= 4 is 0 Å². The van der Waals surface area contributed by atoms with Crippen molar-refractivity contribution in [1.29, 1.82) is 0 Å². The zero-order chi connectivity index (χ0) is 13.2. The predicted molar refractivity (Wildman–Crippen MR) is 34.5 cm³/mol. The highest BCUT2D eigenvalue weighted by atomic mass is 19.4. The standard InChI is InChI=1S/C6H6F9N/c7-4(8,9)2-16-1-3(5(10,11)12)6(13,14)15/h3,16H,1-2H2. The van der Waals surface area contributed by atoms with Crippen molar-refractivity contribution in [2.75, 3.05) is 13.1 Å². The third-order valence-electron chi connectivity index (χ3n) is 1.46. The van der Waals surface area contributed by atoms with E-state index in [4.69, 9.17) is 0 Å². The molecule has 10 heteroatoms. The van der Waals surface area contributed by atoms with E-state index in [2.05, 4.69) is 0 Å². The first-order valence-electron chi connectivity index (χ1n) is 3.75. The van der Waals surface area contributed by atoms with Crippen molar-refractivity contribution in [1.82, 2.24) is 5.32 Å². The van der Waals surface area contributed by atoms with E-state index in [1.807, 2.05) is 0 Å². The molecule has 0 aromatic rings. The fraction of sp³-hybridized carbons (Fsp3) is 1.00. The van der Waals surface area contributed by atoms with Crippen LogP contribution in [0.2, 0.25) is 0 Å². The van der Waals surface area contributed by atoms with Crippen LogP contribution >= 0.6 is 0 Å². The van der Waals surface area contributed by atoms with Gasteiger partial charge in [0.15, 0.2) is 5.92 Å². The van der Waals surface area contributed by atoms with E-state index in [9.17, 15) is 39.5 Å². The molecule has 0 radical (unpaired) electrons. The smallest absolute Gasteiger partial charge is 0.308 e. The Morgan fingerprint density at radius 3 is 1.38 bits per heavy atom. The highest BCUT2D eigenvalue weighted by Gasteiger charge is 2.56. The number of halogens is 9. The van der Waals surface area contributed by atoms with E-state index in [0.717, 1.165) is 5.32 Å². The van der Waals surface area contributed by atoms with Gasteiger partial charge < -0.3 is 5.32 Å². The van der Waals surface area contributed by atoms with Gasteiger partial charge in [0.1, 0.15) is 0 Å². The lowest BCUT2D eigenvalue weighted by atomic mass is 10.1. The van der Waals surface area contributed by atoms with Gasteiger partial charge in [-0.05, 0) is 0 Å². The first-order valence-corrected chi connectivity index (χ1v) is 3.75. The summed E-state index contributed by atoms with van der Waals surface area (Å²) in [5.74, 6) is -3.80. The number of alkyl halides is 9. The highest BCUT2D eigenvalue weighted by Crippen LogP contribution is 2.38. The number of nitrogens with one attached hydrogen (secondary N) is 1. The van der Waals surface area contributed by atoms with Crippen LogP contribution in [0.25, 0.3) is 0 Å². The maximum atomic E-state index is 11.8. The lowest BCUT2D eigenvalue weighted by Crippen LogP contribution is -2.45. The molecule has 1 N–H and O–H groups in total. The van der Waals surface area contributed by atoms with Crippen LogP contribution in [0.1, 0.15) is 0 Å². The van der Waals surface area contributed by atoms with E-state index in [-0.39, 0.29) is 0 Å². The van der Waals surface area contributed by atoms with Crippen molar-refractivity contribution in [3.8, 4) is 0 Å². The molecule has 0 amide bonds. The van der Waals surface area contributed by atoms with Crippen LogP contribution in [0.4, 0.5) is 39.5 Å². The summed E-state index contributed by atoms with van der Waals surface area (Å²) in [4.78, 5) is 0. The molecule has 0 bridgehead atoms. The summed E-state index contributed by atoms with van der Waals surface area (Å²) in [5.41, 5.74) is 0. The quantitative estimate of drug-likeness (QED) is 0.772. The van der Waals surface area contributed by atoms with Crippen LogP contribution in [0.15, 0.2) is 0 Å². The Hall–Kier alpha value is -0.670. The van der Waals surface area contributed by atoms with E-state index in [1.54, 1.807) is 0 Å². The van der Waals surface area contributed by atoms with Gasteiger partial charge in [-0.1, -0.05) is 0 Å². The molecule has 0 saturated carbocycles. The van der Waals surface area contributed by atoms with Crippen LogP contribution in [-0.2, 0) is 0 Å². The summed E-state index contributed by atoms with van der Waals surface area (Å²) in [6.07, 6.45) is -16.1. The Bertz CT molecular complexity index is 198. The SMILES string of the molecule is FC(F)(F)CNCC(C(F)(F)F)C(F)(F)F. The predicted octanol–water partition coefficient (Wildman–Crippen LogP) is 2.88. The minimum Gasteiger partial charge on any atom is -0.308 e. The van der Waals surface area contributed by atoms with Gasteiger partial charge in [-0.3, -0.25) is 0 Å². The first kappa shape index (κ1) is 15.3. The van der Waals surface area contributed by atoms with Crippen LogP contribution in [0.5, 0.6) is 0 Å². The molecule has 0 aromatic carbocycles. The summed E-state index contributed by atoms with van der Waals surface area (Å²) in [6, 6.07) is 0. The second kappa shape index (κ2) is 4.68. The molecule has 0 aliphatic heterocycles. The molecule has 0 rings (SSSR count). The monoisotopic (exact) mass is 263 g/mol. The summed E-state index contributed by atoms with van der Waals surface area (Å²) in [7, 11) is 0. The Kier molecular flexibility index (Phi) is 4.48. The molecule has 0 aromatic heterocycles. The van der Waals surface area contributed by atoms with Crippen LogP contribution in [0.3, 0.4) is 0 Å². The van der Waals surface area contributed by atoms with Gasteiger partial charge >= 0.3 is 18.5 Å². The normalized spacial score (nSPS) is 14.6. The topological polar surface area (TPSA) is 12.0 Å². The molecule has 98 valence electrons. The fourth-order valence-electron chi connectivity index (χ4n) is 0.775. The van der Waals surface area contributed by atoms with Gasteiger partial charge in [-0.15, -0.1) is 0 Å². The van der Waals surface area contributed by atoms with Gasteiger partial charge in [-0.2, -0.15) is 39.5 Å². The summed E-state index contributed by atoms with van der Waals surface area (Å²) in [5, 5.41) is 1.07. The maximum absolute atomic E-state index is 11.8. The molecule has 0 heterocycles. The minimum absolute atomic E-state index is 1.07. The fourth-order valence-corrected chi connectivity index (χ4v) is 0.775. The Morgan fingerprint density at radius 2 is 1.12 bits per heavy atom. The zero-order valence-electron chi connectivity index (χ0n) is 7.39. The van der Waals surface area contributed by atoms with Gasteiger partial charge in [0.05, 0.1) is 6.54 Å². The average molecular weight is 263 g/mol. The molecule has 0 unspecified atom stereocenters. The van der Waals surface area contributed by atoms with Crippen LogP contribution < -0.4 is 5.32 Å². The van der Waals surface area contributed by atoms with Crippen molar-refractivity contribution < 1.29 is 39.5 Å². The Balaban J connectivity index is 4.38. The molecule has 16 heavy (non-hydrogen) atoms.